The number of allylic oxidation sites excluding steroid dienone is 7. The van der Waals surface area contributed by atoms with Crippen molar-refractivity contribution >= 4 is 0 Å². The van der Waals surface area contributed by atoms with Gasteiger partial charge >= 0.3 is 19.5 Å². The van der Waals surface area contributed by atoms with E-state index in [4.69, 9.17) is 6.58 Å². The zero-order chi connectivity index (χ0) is 9.40. The van der Waals surface area contributed by atoms with Crippen LogP contribution in [0.25, 0.3) is 0 Å². The fourth-order valence-electron chi connectivity index (χ4n) is 0.796. The molecule has 0 heterocycles. The van der Waals surface area contributed by atoms with Gasteiger partial charge in [-0.3, -0.25) is 12.7 Å². The molecule has 0 aromatic heterocycles. The number of rotatable bonds is 1. The molecule has 0 aromatic rings. The molecule has 1 aliphatic carbocycles. The van der Waals surface area contributed by atoms with Crippen molar-refractivity contribution in [1.82, 2.24) is 0 Å². The summed E-state index contributed by atoms with van der Waals surface area (Å²) >= 11 is 0. The predicted octanol–water partition coefficient (Wildman–Crippen LogP) is 4.09. The Balaban J connectivity index is -0.000000155. The molecule has 14 heavy (non-hydrogen) atoms. The van der Waals surface area contributed by atoms with E-state index < -0.39 is 0 Å². The topological polar surface area (TPSA) is 0 Å². The van der Waals surface area contributed by atoms with Crippen LogP contribution in [0.3, 0.4) is 0 Å². The summed E-state index contributed by atoms with van der Waals surface area (Å²) in [4.78, 5) is 0. The van der Waals surface area contributed by atoms with E-state index in [1.165, 1.54) is 5.57 Å². The summed E-state index contributed by atoms with van der Waals surface area (Å²) in [5.74, 6) is 0. The maximum Gasteiger partial charge on any atom is 3.00 e. The van der Waals surface area contributed by atoms with Gasteiger partial charge in [-0.05, 0) is 0 Å². The van der Waals surface area contributed by atoms with Gasteiger partial charge in [-0.15, -0.1) is 6.42 Å². The van der Waals surface area contributed by atoms with E-state index in [0.717, 1.165) is 12.0 Å². The van der Waals surface area contributed by atoms with Gasteiger partial charge in [-0.2, -0.15) is 11.6 Å². The Hall–Kier alpha value is -0.417. The van der Waals surface area contributed by atoms with E-state index in [1.54, 1.807) is 0 Å². The summed E-state index contributed by atoms with van der Waals surface area (Å²) in [6.07, 6.45) is 11.9. The van der Waals surface area contributed by atoms with Gasteiger partial charge in [-0.1, -0.05) is 20.8 Å². The summed E-state index contributed by atoms with van der Waals surface area (Å²) < 4.78 is 0. The van der Waals surface area contributed by atoms with Gasteiger partial charge < -0.3 is 7.43 Å². The molecule has 1 rings (SSSR count). The van der Waals surface area contributed by atoms with E-state index in [0.29, 0.717) is 0 Å². The Bertz CT molecular complexity index is 205. The maximum atomic E-state index is 5.33. The Labute approximate surface area is 102 Å². The second-order valence-corrected chi connectivity index (χ2v) is 2.97. The van der Waals surface area contributed by atoms with Crippen molar-refractivity contribution in [1.29, 1.82) is 0 Å². The van der Waals surface area contributed by atoms with E-state index >= 15 is 0 Å². The molecule has 0 saturated carbocycles. The van der Waals surface area contributed by atoms with Crippen molar-refractivity contribution in [2.45, 2.75) is 27.2 Å². The monoisotopic (exact) mass is 277 g/mol. The molecule has 1 radical (unpaired) electrons. The van der Waals surface area contributed by atoms with Crippen LogP contribution in [-0.4, -0.2) is 0 Å². The molecule has 0 unspecified atom stereocenters. The van der Waals surface area contributed by atoms with E-state index in [2.05, 4.69) is 12.2 Å². The molecule has 79 valence electrons. The predicted molar refractivity (Wildman–Crippen MR) is 60.9 cm³/mol. The average molecular weight is 276 g/mol. The van der Waals surface area contributed by atoms with Crippen molar-refractivity contribution in [3.05, 3.63) is 55.5 Å². The molecule has 1 heteroatoms. The Morgan fingerprint density at radius 2 is 1.93 bits per heavy atom. The maximum absolute atomic E-state index is 5.33. The Morgan fingerprint density at radius 1 is 1.36 bits per heavy atom. The van der Waals surface area contributed by atoms with E-state index in [1.807, 2.05) is 39.0 Å². The molecule has 0 N–H and O–H groups in total. The molecule has 0 aliphatic heterocycles. The molecule has 1 aliphatic rings. The average Bonchev–Trinajstić information content (AvgIpc) is 2.36. The normalized spacial score (nSPS) is 10.2. The molecular formula is C13H19Ru. The number of hydrogen-bond donors (Lipinski definition) is 0. The molecule has 0 saturated heterocycles. The van der Waals surface area contributed by atoms with Crippen LogP contribution in [0.1, 0.15) is 27.2 Å². The second-order valence-electron chi connectivity index (χ2n) is 2.97. The van der Waals surface area contributed by atoms with Crippen LogP contribution in [0.4, 0.5) is 0 Å². The standard InChI is InChI=1S/C7H11.C5H5.CH3.Ru/c1-6(2)5-7(3)4;1-2-4-5-3-1;;/h1,5H,2-4H3;1-3H,4H2;1H3;/q3*-1;+3. The summed E-state index contributed by atoms with van der Waals surface area (Å²) in [6, 6.07) is 0. The minimum Gasteiger partial charge on any atom is -0.358 e. The third kappa shape index (κ3) is 17.6. The fraction of sp³-hybridized carbons (Fsp3) is 0.308. The minimum absolute atomic E-state index is 0. The first-order chi connectivity index (χ1) is 5.63. The first-order valence-corrected chi connectivity index (χ1v) is 4.08. The zero-order valence-electron chi connectivity index (χ0n) is 9.45. The Morgan fingerprint density at radius 3 is 2.00 bits per heavy atom. The van der Waals surface area contributed by atoms with Crippen molar-refractivity contribution in [3.8, 4) is 0 Å². The van der Waals surface area contributed by atoms with Gasteiger partial charge in [0.15, 0.2) is 0 Å². The SMILES string of the molecule is [C-]1=CC=CC1.[CH-]=C(C)C=C(C)C.[CH3-].[Ru+3]. The summed E-state index contributed by atoms with van der Waals surface area (Å²) in [7, 11) is 0. The third-order valence-corrected chi connectivity index (χ3v) is 1.10. The van der Waals surface area contributed by atoms with Crippen LogP contribution >= 0.6 is 0 Å². The van der Waals surface area contributed by atoms with Gasteiger partial charge in [0.05, 0.1) is 0 Å². The van der Waals surface area contributed by atoms with Crippen LogP contribution in [0.15, 0.2) is 35.5 Å². The fourth-order valence-corrected chi connectivity index (χ4v) is 0.796. The van der Waals surface area contributed by atoms with Gasteiger partial charge in [0, 0.05) is 0 Å². The first kappa shape index (κ1) is 19.2. The molecule has 0 amide bonds. The van der Waals surface area contributed by atoms with Crippen molar-refractivity contribution < 1.29 is 19.5 Å². The Kier molecular flexibility index (Phi) is 17.3. The molecular weight excluding hydrogens is 257 g/mol. The van der Waals surface area contributed by atoms with Gasteiger partial charge in [0.2, 0.25) is 0 Å². The van der Waals surface area contributed by atoms with E-state index in [9.17, 15) is 0 Å². The largest absolute Gasteiger partial charge is 3.00 e. The molecule has 0 spiro atoms. The van der Waals surface area contributed by atoms with Gasteiger partial charge in [-0.25, -0.2) is 23.8 Å². The first-order valence-electron chi connectivity index (χ1n) is 4.08. The van der Waals surface area contributed by atoms with E-state index in [-0.39, 0.29) is 26.9 Å². The van der Waals surface area contributed by atoms with Crippen LogP contribution < -0.4 is 0 Å². The number of hydrogen-bond acceptors (Lipinski definition) is 0. The molecule has 0 nitrogen and oxygen atoms in total. The summed E-state index contributed by atoms with van der Waals surface area (Å²) in [5.41, 5.74) is 2.13. The van der Waals surface area contributed by atoms with Crippen molar-refractivity contribution in [2.24, 2.45) is 0 Å². The smallest absolute Gasteiger partial charge is 0.358 e. The molecule has 0 atom stereocenters. The van der Waals surface area contributed by atoms with Crippen LogP contribution in [0.2, 0.25) is 0 Å². The van der Waals surface area contributed by atoms with Crippen molar-refractivity contribution in [3.63, 3.8) is 0 Å². The second kappa shape index (κ2) is 12.6. The zero-order valence-corrected chi connectivity index (χ0v) is 11.2. The quantitative estimate of drug-likeness (QED) is 0.384. The van der Waals surface area contributed by atoms with Crippen LogP contribution in [0.5, 0.6) is 0 Å². The van der Waals surface area contributed by atoms with Crippen molar-refractivity contribution in [2.75, 3.05) is 0 Å². The summed E-state index contributed by atoms with van der Waals surface area (Å²) in [5, 5.41) is 0. The van der Waals surface area contributed by atoms with Crippen LogP contribution in [0, 0.1) is 20.1 Å². The molecule has 0 fully saturated rings. The van der Waals surface area contributed by atoms with Gasteiger partial charge in [0.1, 0.15) is 0 Å². The van der Waals surface area contributed by atoms with Gasteiger partial charge in [0.25, 0.3) is 0 Å². The van der Waals surface area contributed by atoms with Crippen LogP contribution in [-0.2, 0) is 19.5 Å². The summed E-state index contributed by atoms with van der Waals surface area (Å²) in [6.45, 7) is 11.3. The minimum atomic E-state index is 0. The molecule has 0 aromatic carbocycles. The molecule has 0 bridgehead atoms. The third-order valence-electron chi connectivity index (χ3n) is 1.10.